The molecule has 162 valence electrons. The monoisotopic (exact) mass is 431 g/mol. The molecule has 1 heterocycles. The van der Waals surface area contributed by atoms with Crippen molar-refractivity contribution >= 4 is 29.0 Å². The SMILES string of the molecule is CNCc1cccc(N=C(c2cccc(CC(=O)O)c2)C2C(=O)Nc3cc(F)ccc32)c1. The molecule has 7 heteroatoms. The minimum Gasteiger partial charge on any atom is -0.481 e. The zero-order valence-corrected chi connectivity index (χ0v) is 17.4. The second kappa shape index (κ2) is 9.11. The lowest BCUT2D eigenvalue weighted by atomic mass is 9.89. The summed E-state index contributed by atoms with van der Waals surface area (Å²) in [5.74, 6) is -2.44. The number of nitrogens with zero attached hydrogens (tertiary/aromatic N) is 1. The average molecular weight is 431 g/mol. The van der Waals surface area contributed by atoms with Crippen molar-refractivity contribution in [2.75, 3.05) is 12.4 Å². The number of halogens is 1. The maximum atomic E-state index is 13.7. The molecule has 0 bridgehead atoms. The van der Waals surface area contributed by atoms with Crippen molar-refractivity contribution in [2.45, 2.75) is 18.9 Å². The molecule has 3 aromatic rings. The molecule has 4 rings (SSSR count). The quantitative estimate of drug-likeness (QED) is 0.493. The molecule has 1 unspecified atom stereocenters. The molecule has 0 saturated heterocycles. The van der Waals surface area contributed by atoms with Crippen LogP contribution in [0.15, 0.2) is 71.7 Å². The van der Waals surface area contributed by atoms with Crippen LogP contribution in [0.4, 0.5) is 15.8 Å². The molecular formula is C25H22FN3O3. The van der Waals surface area contributed by atoms with E-state index in [0.717, 1.165) is 5.56 Å². The van der Waals surface area contributed by atoms with Crippen LogP contribution in [0.3, 0.4) is 0 Å². The zero-order valence-electron chi connectivity index (χ0n) is 17.4. The highest BCUT2D eigenvalue weighted by Crippen LogP contribution is 2.37. The number of fused-ring (bicyclic) bond motifs is 1. The summed E-state index contributed by atoms with van der Waals surface area (Å²) in [4.78, 5) is 29.0. The lowest BCUT2D eigenvalue weighted by Crippen LogP contribution is -2.22. The molecule has 0 fully saturated rings. The molecule has 1 amide bonds. The average Bonchev–Trinajstić information content (AvgIpc) is 3.07. The first-order valence-electron chi connectivity index (χ1n) is 10.2. The topological polar surface area (TPSA) is 90.8 Å². The van der Waals surface area contributed by atoms with Crippen LogP contribution in [0.5, 0.6) is 0 Å². The van der Waals surface area contributed by atoms with Crippen molar-refractivity contribution in [3.63, 3.8) is 0 Å². The van der Waals surface area contributed by atoms with Gasteiger partial charge in [-0.25, -0.2) is 4.39 Å². The number of carbonyl (C=O) groups excluding carboxylic acids is 1. The van der Waals surface area contributed by atoms with Gasteiger partial charge in [0.1, 0.15) is 11.7 Å². The van der Waals surface area contributed by atoms with Crippen molar-refractivity contribution < 1.29 is 19.1 Å². The van der Waals surface area contributed by atoms with E-state index >= 15 is 0 Å². The van der Waals surface area contributed by atoms with Crippen LogP contribution in [0, 0.1) is 5.82 Å². The van der Waals surface area contributed by atoms with E-state index in [9.17, 15) is 19.1 Å². The molecule has 0 radical (unpaired) electrons. The van der Waals surface area contributed by atoms with E-state index in [4.69, 9.17) is 4.99 Å². The molecule has 3 aromatic carbocycles. The third kappa shape index (κ3) is 4.58. The number of anilines is 1. The zero-order chi connectivity index (χ0) is 22.7. The van der Waals surface area contributed by atoms with Gasteiger partial charge in [0.15, 0.2) is 0 Å². The van der Waals surface area contributed by atoms with E-state index < -0.39 is 17.7 Å². The first-order chi connectivity index (χ1) is 15.4. The van der Waals surface area contributed by atoms with Gasteiger partial charge in [-0.05, 0) is 59.6 Å². The second-order valence-corrected chi connectivity index (χ2v) is 7.62. The number of benzene rings is 3. The summed E-state index contributed by atoms with van der Waals surface area (Å²) < 4.78 is 13.7. The van der Waals surface area contributed by atoms with Gasteiger partial charge in [0, 0.05) is 12.2 Å². The maximum absolute atomic E-state index is 13.7. The number of rotatable bonds is 7. The van der Waals surface area contributed by atoms with Gasteiger partial charge in [0.05, 0.1) is 17.8 Å². The van der Waals surface area contributed by atoms with Crippen LogP contribution in [-0.2, 0) is 22.6 Å². The Morgan fingerprint density at radius 2 is 1.88 bits per heavy atom. The first-order valence-corrected chi connectivity index (χ1v) is 10.2. The minimum atomic E-state index is -0.945. The van der Waals surface area contributed by atoms with Gasteiger partial charge in [-0.3, -0.25) is 14.6 Å². The Labute approximate surface area is 184 Å². The van der Waals surface area contributed by atoms with E-state index in [-0.39, 0.29) is 12.3 Å². The van der Waals surface area contributed by atoms with E-state index in [1.165, 1.54) is 12.1 Å². The summed E-state index contributed by atoms with van der Waals surface area (Å²) in [6.07, 6.45) is -0.141. The van der Waals surface area contributed by atoms with Gasteiger partial charge >= 0.3 is 5.97 Å². The summed E-state index contributed by atoms with van der Waals surface area (Å²) in [5, 5.41) is 15.0. The van der Waals surface area contributed by atoms with Crippen LogP contribution < -0.4 is 10.6 Å². The fraction of sp³-hybridized carbons (Fsp3) is 0.160. The standard InChI is InChI=1S/C25H22FN3O3/c1-27-14-16-5-3-7-19(11-16)28-24(17-6-2-4-15(10-17)12-22(30)31)23-20-9-8-18(26)13-21(20)29-25(23)32/h2-11,13,23,27H,12,14H2,1H3,(H,29,32)(H,30,31). The molecule has 1 aliphatic rings. The smallest absolute Gasteiger partial charge is 0.307 e. The fourth-order valence-electron chi connectivity index (χ4n) is 3.90. The van der Waals surface area contributed by atoms with Crippen LogP contribution in [-0.4, -0.2) is 29.7 Å². The van der Waals surface area contributed by atoms with Crippen molar-refractivity contribution in [2.24, 2.45) is 4.99 Å². The van der Waals surface area contributed by atoms with Crippen LogP contribution in [0.1, 0.15) is 28.2 Å². The van der Waals surface area contributed by atoms with Crippen LogP contribution >= 0.6 is 0 Å². The van der Waals surface area contributed by atoms with E-state index in [1.54, 1.807) is 30.3 Å². The number of carboxylic acid groups (broad SMARTS) is 1. The van der Waals surface area contributed by atoms with Crippen LogP contribution in [0.2, 0.25) is 0 Å². The minimum absolute atomic E-state index is 0.141. The summed E-state index contributed by atoms with van der Waals surface area (Å²) in [5.41, 5.74) is 4.46. The Hall–Kier alpha value is -3.84. The lowest BCUT2D eigenvalue weighted by Gasteiger charge is -2.15. The Kier molecular flexibility index (Phi) is 6.09. The Morgan fingerprint density at radius 3 is 2.66 bits per heavy atom. The molecule has 0 spiro atoms. The second-order valence-electron chi connectivity index (χ2n) is 7.62. The number of nitrogens with one attached hydrogen (secondary N) is 2. The first kappa shape index (κ1) is 21.4. The Bertz CT molecular complexity index is 1220. The van der Waals surface area contributed by atoms with Crippen molar-refractivity contribution in [1.29, 1.82) is 0 Å². The summed E-state index contributed by atoms with van der Waals surface area (Å²) in [6.45, 7) is 0.665. The summed E-state index contributed by atoms with van der Waals surface area (Å²) in [6, 6.07) is 18.8. The number of aliphatic carboxylic acids is 1. The van der Waals surface area contributed by atoms with Gasteiger partial charge in [0.2, 0.25) is 5.91 Å². The van der Waals surface area contributed by atoms with E-state index in [1.807, 2.05) is 31.3 Å². The third-order valence-corrected chi connectivity index (χ3v) is 5.24. The fourth-order valence-corrected chi connectivity index (χ4v) is 3.90. The summed E-state index contributed by atoms with van der Waals surface area (Å²) in [7, 11) is 1.86. The molecule has 0 aromatic heterocycles. The molecule has 0 saturated carbocycles. The number of carboxylic acids is 1. The van der Waals surface area contributed by atoms with Crippen molar-refractivity contribution in [1.82, 2.24) is 5.32 Å². The van der Waals surface area contributed by atoms with E-state index in [2.05, 4.69) is 10.6 Å². The third-order valence-electron chi connectivity index (χ3n) is 5.24. The van der Waals surface area contributed by atoms with Crippen LogP contribution in [0.25, 0.3) is 0 Å². The highest BCUT2D eigenvalue weighted by Gasteiger charge is 2.35. The molecule has 0 aliphatic carbocycles. The Morgan fingerprint density at radius 1 is 1.09 bits per heavy atom. The largest absolute Gasteiger partial charge is 0.481 e. The maximum Gasteiger partial charge on any atom is 0.307 e. The highest BCUT2D eigenvalue weighted by atomic mass is 19.1. The summed E-state index contributed by atoms with van der Waals surface area (Å²) >= 11 is 0. The number of carbonyl (C=O) groups is 2. The number of amides is 1. The van der Waals surface area contributed by atoms with E-state index in [0.29, 0.717) is 40.3 Å². The van der Waals surface area contributed by atoms with Gasteiger partial charge in [-0.15, -0.1) is 0 Å². The number of aliphatic imine (C=N–C) groups is 1. The lowest BCUT2D eigenvalue weighted by molar-refractivity contribution is -0.136. The van der Waals surface area contributed by atoms with Gasteiger partial charge in [0.25, 0.3) is 0 Å². The van der Waals surface area contributed by atoms with Crippen molar-refractivity contribution in [3.8, 4) is 0 Å². The van der Waals surface area contributed by atoms with Gasteiger partial charge in [-0.2, -0.15) is 0 Å². The van der Waals surface area contributed by atoms with Gasteiger partial charge < -0.3 is 15.7 Å². The molecule has 32 heavy (non-hydrogen) atoms. The number of hydrogen-bond acceptors (Lipinski definition) is 4. The molecule has 1 atom stereocenters. The highest BCUT2D eigenvalue weighted by molar-refractivity contribution is 6.24. The predicted molar refractivity (Wildman–Crippen MR) is 121 cm³/mol. The predicted octanol–water partition coefficient (Wildman–Crippen LogP) is 4.03. The number of hydrogen-bond donors (Lipinski definition) is 3. The van der Waals surface area contributed by atoms with Gasteiger partial charge in [-0.1, -0.05) is 36.4 Å². The molecule has 3 N–H and O–H groups in total. The molecular weight excluding hydrogens is 409 g/mol. The normalized spacial score (nSPS) is 15.4. The Balaban J connectivity index is 1.86. The van der Waals surface area contributed by atoms with Crippen molar-refractivity contribution in [3.05, 3.63) is 94.8 Å². The molecule has 6 nitrogen and oxygen atoms in total. The molecule has 1 aliphatic heterocycles.